The number of benzene rings is 1. The third-order valence-electron chi connectivity index (χ3n) is 3.08. The molecule has 1 rings (SSSR count). The Labute approximate surface area is 109 Å². The van der Waals surface area contributed by atoms with E-state index in [4.69, 9.17) is 9.47 Å². The minimum absolute atomic E-state index is 0.0834. The quantitative estimate of drug-likeness (QED) is 0.727. The van der Waals surface area contributed by atoms with Gasteiger partial charge < -0.3 is 9.47 Å². The van der Waals surface area contributed by atoms with Gasteiger partial charge in [0.15, 0.2) is 0 Å². The number of methoxy groups -OCH3 is 1. The molecule has 3 heteroatoms. The number of ether oxygens (including phenoxy) is 2. The Balaban J connectivity index is 2.55. The molecule has 18 heavy (non-hydrogen) atoms. The van der Waals surface area contributed by atoms with Crippen molar-refractivity contribution in [2.24, 2.45) is 0 Å². The first-order valence-corrected chi connectivity index (χ1v) is 6.29. The third kappa shape index (κ3) is 4.49. The average Bonchev–Trinajstić information content (AvgIpc) is 2.38. The van der Waals surface area contributed by atoms with Gasteiger partial charge in [-0.05, 0) is 44.4 Å². The van der Waals surface area contributed by atoms with Crippen LogP contribution in [0.25, 0.3) is 0 Å². The number of esters is 1. The van der Waals surface area contributed by atoms with E-state index in [1.807, 2.05) is 18.2 Å². The van der Waals surface area contributed by atoms with E-state index < -0.39 is 0 Å². The van der Waals surface area contributed by atoms with Crippen LogP contribution in [0.2, 0.25) is 0 Å². The molecule has 0 heterocycles. The minimum atomic E-state index is -0.299. The van der Waals surface area contributed by atoms with Gasteiger partial charge in [-0.1, -0.05) is 19.1 Å². The lowest BCUT2D eigenvalue weighted by molar-refractivity contribution is -0.0183. The molecular formula is C15H22O3. The molecule has 0 N–H and O–H groups in total. The molecule has 0 amide bonds. The second-order valence-corrected chi connectivity index (χ2v) is 4.90. The highest BCUT2D eigenvalue weighted by atomic mass is 16.5. The summed E-state index contributed by atoms with van der Waals surface area (Å²) in [6.07, 6.45) is 1.78. The van der Waals surface area contributed by atoms with E-state index in [-0.39, 0.29) is 11.6 Å². The first-order chi connectivity index (χ1) is 8.48. The number of rotatable bonds is 6. The van der Waals surface area contributed by atoms with Gasteiger partial charge in [-0.3, -0.25) is 0 Å². The largest absolute Gasteiger partial charge is 0.465 e. The lowest BCUT2D eigenvalue weighted by Gasteiger charge is -2.23. The molecule has 3 nitrogen and oxygen atoms in total. The minimum Gasteiger partial charge on any atom is -0.465 e. The summed E-state index contributed by atoms with van der Waals surface area (Å²) >= 11 is 0. The Hall–Kier alpha value is -1.35. The fourth-order valence-electron chi connectivity index (χ4n) is 1.52. The van der Waals surface area contributed by atoms with E-state index in [0.717, 1.165) is 18.4 Å². The van der Waals surface area contributed by atoms with Crippen LogP contribution < -0.4 is 0 Å². The molecule has 1 aromatic carbocycles. The predicted octanol–water partition coefficient (Wildman–Crippen LogP) is 3.22. The molecule has 0 aliphatic rings. The van der Waals surface area contributed by atoms with Crippen LogP contribution in [0, 0.1) is 0 Å². The molecule has 0 aliphatic heterocycles. The average molecular weight is 250 g/mol. The first-order valence-electron chi connectivity index (χ1n) is 6.29. The molecule has 0 fully saturated rings. The SMILES string of the molecule is CCC(C)(C)OCCc1cccc(C(=O)OC)c1. The summed E-state index contributed by atoms with van der Waals surface area (Å²) in [4.78, 5) is 11.4. The Morgan fingerprint density at radius 3 is 2.67 bits per heavy atom. The van der Waals surface area contributed by atoms with Crippen LogP contribution >= 0.6 is 0 Å². The van der Waals surface area contributed by atoms with Crippen molar-refractivity contribution in [1.29, 1.82) is 0 Å². The van der Waals surface area contributed by atoms with Gasteiger partial charge in [-0.2, -0.15) is 0 Å². The summed E-state index contributed by atoms with van der Waals surface area (Å²) in [5.41, 5.74) is 1.59. The van der Waals surface area contributed by atoms with Crippen molar-refractivity contribution in [3.8, 4) is 0 Å². The van der Waals surface area contributed by atoms with Crippen molar-refractivity contribution in [3.05, 3.63) is 35.4 Å². The van der Waals surface area contributed by atoms with Crippen LogP contribution in [-0.4, -0.2) is 25.3 Å². The summed E-state index contributed by atoms with van der Waals surface area (Å²) in [6, 6.07) is 7.47. The third-order valence-corrected chi connectivity index (χ3v) is 3.08. The molecule has 0 radical (unpaired) electrons. The lowest BCUT2D eigenvalue weighted by Crippen LogP contribution is -2.24. The van der Waals surface area contributed by atoms with Gasteiger partial charge in [-0.15, -0.1) is 0 Å². The Kier molecular flexibility index (Phi) is 5.35. The van der Waals surface area contributed by atoms with Gasteiger partial charge in [0.05, 0.1) is 24.9 Å². The molecule has 1 aromatic rings. The van der Waals surface area contributed by atoms with Crippen LogP contribution in [0.15, 0.2) is 24.3 Å². The van der Waals surface area contributed by atoms with Gasteiger partial charge in [-0.25, -0.2) is 4.79 Å². The topological polar surface area (TPSA) is 35.5 Å². The molecule has 0 spiro atoms. The zero-order valence-electron chi connectivity index (χ0n) is 11.7. The van der Waals surface area contributed by atoms with Crippen LogP contribution in [0.5, 0.6) is 0 Å². The highest BCUT2D eigenvalue weighted by molar-refractivity contribution is 5.89. The normalized spacial score (nSPS) is 11.3. The zero-order valence-corrected chi connectivity index (χ0v) is 11.7. The van der Waals surface area contributed by atoms with Crippen LogP contribution in [0.1, 0.15) is 43.1 Å². The molecule has 0 aliphatic carbocycles. The molecular weight excluding hydrogens is 228 g/mol. The molecule has 0 aromatic heterocycles. The molecule has 100 valence electrons. The Morgan fingerprint density at radius 2 is 2.06 bits per heavy atom. The Bertz CT molecular complexity index is 396. The first kappa shape index (κ1) is 14.7. The van der Waals surface area contributed by atoms with E-state index >= 15 is 0 Å². The van der Waals surface area contributed by atoms with E-state index in [1.54, 1.807) is 6.07 Å². The summed E-state index contributed by atoms with van der Waals surface area (Å²) in [5.74, 6) is -0.299. The summed E-state index contributed by atoms with van der Waals surface area (Å²) in [6.45, 7) is 6.93. The summed E-state index contributed by atoms with van der Waals surface area (Å²) in [7, 11) is 1.39. The number of carbonyl (C=O) groups is 1. The maximum Gasteiger partial charge on any atom is 0.337 e. The zero-order chi connectivity index (χ0) is 13.6. The summed E-state index contributed by atoms with van der Waals surface area (Å²) in [5, 5.41) is 0. The van der Waals surface area contributed by atoms with Crippen LogP contribution in [-0.2, 0) is 15.9 Å². The lowest BCUT2D eigenvalue weighted by atomic mass is 10.1. The molecule has 0 unspecified atom stereocenters. The van der Waals surface area contributed by atoms with Gasteiger partial charge >= 0.3 is 5.97 Å². The van der Waals surface area contributed by atoms with Gasteiger partial charge in [0, 0.05) is 0 Å². The Morgan fingerprint density at radius 1 is 1.33 bits per heavy atom. The van der Waals surface area contributed by atoms with Crippen LogP contribution in [0.3, 0.4) is 0 Å². The van der Waals surface area contributed by atoms with Crippen molar-refractivity contribution in [1.82, 2.24) is 0 Å². The van der Waals surface area contributed by atoms with E-state index in [0.29, 0.717) is 12.2 Å². The van der Waals surface area contributed by atoms with Gasteiger partial charge in [0.25, 0.3) is 0 Å². The van der Waals surface area contributed by atoms with Gasteiger partial charge in [0.1, 0.15) is 0 Å². The maximum atomic E-state index is 11.4. The second-order valence-electron chi connectivity index (χ2n) is 4.90. The van der Waals surface area contributed by atoms with Crippen molar-refractivity contribution in [2.45, 2.75) is 39.2 Å². The number of hydrogen-bond acceptors (Lipinski definition) is 3. The van der Waals surface area contributed by atoms with Crippen LogP contribution in [0.4, 0.5) is 0 Å². The van der Waals surface area contributed by atoms with Crippen molar-refractivity contribution in [3.63, 3.8) is 0 Å². The second kappa shape index (κ2) is 6.55. The summed E-state index contributed by atoms with van der Waals surface area (Å²) < 4.78 is 10.5. The predicted molar refractivity (Wildman–Crippen MR) is 71.8 cm³/mol. The van der Waals surface area contributed by atoms with E-state index in [2.05, 4.69) is 20.8 Å². The fourth-order valence-corrected chi connectivity index (χ4v) is 1.52. The highest BCUT2D eigenvalue weighted by Crippen LogP contribution is 2.14. The van der Waals surface area contributed by atoms with Gasteiger partial charge in [0.2, 0.25) is 0 Å². The van der Waals surface area contributed by atoms with E-state index in [1.165, 1.54) is 7.11 Å². The van der Waals surface area contributed by atoms with Crippen molar-refractivity contribution in [2.75, 3.05) is 13.7 Å². The molecule has 0 atom stereocenters. The maximum absolute atomic E-state index is 11.4. The molecule has 0 bridgehead atoms. The fraction of sp³-hybridized carbons (Fsp3) is 0.533. The van der Waals surface area contributed by atoms with Crippen molar-refractivity contribution < 1.29 is 14.3 Å². The molecule has 0 saturated heterocycles. The number of hydrogen-bond donors (Lipinski definition) is 0. The van der Waals surface area contributed by atoms with Crippen molar-refractivity contribution >= 4 is 5.97 Å². The monoisotopic (exact) mass is 250 g/mol. The highest BCUT2D eigenvalue weighted by Gasteiger charge is 2.14. The molecule has 0 saturated carbocycles. The number of carbonyl (C=O) groups excluding carboxylic acids is 1. The standard InChI is InChI=1S/C15H22O3/c1-5-15(2,3)18-10-9-12-7-6-8-13(11-12)14(16)17-4/h6-8,11H,5,9-10H2,1-4H3. The van der Waals surface area contributed by atoms with E-state index in [9.17, 15) is 4.79 Å². The smallest absolute Gasteiger partial charge is 0.337 e.